The van der Waals surface area contributed by atoms with Crippen molar-refractivity contribution in [1.29, 1.82) is 0 Å². The summed E-state index contributed by atoms with van der Waals surface area (Å²) in [5, 5.41) is 2.75. The van der Waals surface area contributed by atoms with Crippen molar-refractivity contribution >= 4 is 23.7 Å². The Kier molecular flexibility index (Phi) is 4.91. The second-order valence-corrected chi connectivity index (χ2v) is 8.01. The first kappa shape index (κ1) is 18.7. The molecule has 28 heavy (non-hydrogen) atoms. The summed E-state index contributed by atoms with van der Waals surface area (Å²) in [6.07, 6.45) is 2.93. The molecular weight excluding hydrogens is 360 g/mol. The predicted octanol–water partition coefficient (Wildman–Crippen LogP) is 1.44. The van der Waals surface area contributed by atoms with Crippen molar-refractivity contribution in [3.05, 3.63) is 35.9 Å². The molecule has 0 radical (unpaired) electrons. The smallest absolute Gasteiger partial charge is 0.326 e. The third kappa shape index (κ3) is 3.30. The lowest BCUT2D eigenvalue weighted by Crippen LogP contribution is -2.39. The van der Waals surface area contributed by atoms with Gasteiger partial charge in [0, 0.05) is 0 Å². The lowest BCUT2D eigenvalue weighted by Gasteiger charge is -2.19. The van der Waals surface area contributed by atoms with Crippen molar-refractivity contribution in [2.75, 3.05) is 13.2 Å². The second-order valence-electron chi connectivity index (χ2n) is 8.01. The van der Waals surface area contributed by atoms with E-state index in [2.05, 4.69) is 5.32 Å². The van der Waals surface area contributed by atoms with Gasteiger partial charge in [0.15, 0.2) is 6.61 Å². The Labute approximate surface area is 163 Å². The number of carbonyl (C=O) groups excluding carboxylic acids is 4. The van der Waals surface area contributed by atoms with Crippen LogP contribution in [0.4, 0.5) is 0 Å². The van der Waals surface area contributed by atoms with Crippen LogP contribution in [0.1, 0.15) is 37.8 Å². The highest BCUT2D eigenvalue weighted by molar-refractivity contribution is 6.07. The van der Waals surface area contributed by atoms with E-state index in [1.54, 1.807) is 0 Å². The number of hydrogen-bond acceptors (Lipinski definition) is 5. The summed E-state index contributed by atoms with van der Waals surface area (Å²) < 4.78 is 4.99. The molecule has 5 atom stereocenters. The SMILES string of the molecule is C[C@H](NC(=O)COC(=O)CN1C(=O)[C@@H]2[C@H]3CC[C@@H](C3)[C@H]2C1=O)c1ccccc1. The molecule has 7 heteroatoms. The highest BCUT2D eigenvalue weighted by Gasteiger charge is 2.61. The van der Waals surface area contributed by atoms with Crippen molar-refractivity contribution in [3.8, 4) is 0 Å². The molecule has 0 aromatic heterocycles. The van der Waals surface area contributed by atoms with Gasteiger partial charge < -0.3 is 10.1 Å². The van der Waals surface area contributed by atoms with Gasteiger partial charge in [0.2, 0.25) is 11.8 Å². The summed E-state index contributed by atoms with van der Waals surface area (Å²) in [6.45, 7) is 0.986. The van der Waals surface area contributed by atoms with Gasteiger partial charge in [-0.3, -0.25) is 24.1 Å². The van der Waals surface area contributed by atoms with E-state index >= 15 is 0 Å². The van der Waals surface area contributed by atoms with Crippen LogP contribution in [-0.4, -0.2) is 41.7 Å². The van der Waals surface area contributed by atoms with Crippen LogP contribution in [-0.2, 0) is 23.9 Å². The molecule has 2 aliphatic carbocycles. The number of rotatable bonds is 6. The van der Waals surface area contributed by atoms with Gasteiger partial charge in [-0.25, -0.2) is 0 Å². The molecule has 3 amide bonds. The number of nitrogens with one attached hydrogen (secondary N) is 1. The molecule has 2 bridgehead atoms. The van der Waals surface area contributed by atoms with Crippen molar-refractivity contribution < 1.29 is 23.9 Å². The molecule has 1 heterocycles. The van der Waals surface area contributed by atoms with Crippen LogP contribution in [0.25, 0.3) is 0 Å². The lowest BCUT2D eigenvalue weighted by atomic mass is 9.81. The summed E-state index contributed by atoms with van der Waals surface area (Å²) in [4.78, 5) is 50.3. The molecule has 1 aliphatic heterocycles. The molecule has 7 nitrogen and oxygen atoms in total. The van der Waals surface area contributed by atoms with Crippen molar-refractivity contribution in [2.45, 2.75) is 32.2 Å². The zero-order valence-electron chi connectivity index (χ0n) is 15.8. The minimum Gasteiger partial charge on any atom is -0.454 e. The number of carbonyl (C=O) groups is 4. The van der Waals surface area contributed by atoms with E-state index in [1.807, 2.05) is 37.3 Å². The minimum atomic E-state index is -0.739. The Bertz CT molecular complexity index is 780. The molecule has 3 fully saturated rings. The van der Waals surface area contributed by atoms with E-state index in [9.17, 15) is 19.2 Å². The summed E-state index contributed by atoms with van der Waals surface area (Å²) in [6, 6.07) is 9.22. The number of amides is 3. The van der Waals surface area contributed by atoms with Gasteiger partial charge in [-0.05, 0) is 43.6 Å². The molecule has 4 rings (SSSR count). The lowest BCUT2D eigenvalue weighted by molar-refractivity contribution is -0.155. The fraction of sp³-hybridized carbons (Fsp3) is 0.524. The summed E-state index contributed by atoms with van der Waals surface area (Å²) >= 11 is 0. The fourth-order valence-corrected chi connectivity index (χ4v) is 5.06. The van der Waals surface area contributed by atoms with Gasteiger partial charge >= 0.3 is 5.97 Å². The van der Waals surface area contributed by atoms with Crippen LogP contribution in [0.15, 0.2) is 30.3 Å². The monoisotopic (exact) mass is 384 g/mol. The van der Waals surface area contributed by atoms with E-state index in [-0.39, 0.29) is 41.5 Å². The third-order valence-electron chi connectivity index (χ3n) is 6.35. The Morgan fingerprint density at radius 3 is 2.32 bits per heavy atom. The largest absolute Gasteiger partial charge is 0.454 e. The summed E-state index contributed by atoms with van der Waals surface area (Å²) in [7, 11) is 0. The van der Waals surface area contributed by atoms with Crippen molar-refractivity contribution in [1.82, 2.24) is 10.2 Å². The van der Waals surface area contributed by atoms with Gasteiger partial charge in [-0.15, -0.1) is 0 Å². The number of likely N-dealkylation sites (tertiary alicyclic amines) is 1. The molecular formula is C21H24N2O5. The number of esters is 1. The average Bonchev–Trinajstić information content (AvgIpc) is 3.37. The maximum Gasteiger partial charge on any atom is 0.326 e. The van der Waals surface area contributed by atoms with E-state index in [1.165, 1.54) is 0 Å². The standard InChI is InChI=1S/C21H24N2O5/c1-12(13-5-3-2-4-6-13)22-16(24)11-28-17(25)10-23-20(26)18-14-7-8-15(9-14)19(18)21(23)27/h2-6,12,14-15,18-19H,7-11H2,1H3,(H,22,24)/t12-,14-,15-,18+,19+/m0/s1. The highest BCUT2D eigenvalue weighted by Crippen LogP contribution is 2.56. The Hall–Kier alpha value is -2.70. The molecule has 1 aromatic rings. The quantitative estimate of drug-likeness (QED) is 0.592. The van der Waals surface area contributed by atoms with Gasteiger partial charge in [-0.1, -0.05) is 30.3 Å². The van der Waals surface area contributed by atoms with Crippen LogP contribution in [0.5, 0.6) is 0 Å². The second kappa shape index (κ2) is 7.37. The zero-order valence-corrected chi connectivity index (χ0v) is 15.8. The number of hydrogen-bond donors (Lipinski definition) is 1. The van der Waals surface area contributed by atoms with Gasteiger partial charge in [0.05, 0.1) is 17.9 Å². The van der Waals surface area contributed by atoms with Gasteiger partial charge in [0.1, 0.15) is 6.54 Å². The molecule has 1 aromatic carbocycles. The molecule has 148 valence electrons. The zero-order chi connectivity index (χ0) is 19.8. The summed E-state index contributed by atoms with van der Waals surface area (Å²) in [5.74, 6) is -1.63. The molecule has 2 saturated carbocycles. The average molecular weight is 384 g/mol. The fourth-order valence-electron chi connectivity index (χ4n) is 5.06. The number of fused-ring (bicyclic) bond motifs is 5. The first-order chi connectivity index (χ1) is 13.5. The molecule has 1 N–H and O–H groups in total. The first-order valence-electron chi connectivity index (χ1n) is 9.81. The van der Waals surface area contributed by atoms with Crippen LogP contribution in [0.2, 0.25) is 0 Å². The van der Waals surface area contributed by atoms with Crippen LogP contribution in [0.3, 0.4) is 0 Å². The molecule has 1 saturated heterocycles. The van der Waals surface area contributed by atoms with Crippen LogP contribution < -0.4 is 5.32 Å². The van der Waals surface area contributed by atoms with E-state index in [0.29, 0.717) is 0 Å². The van der Waals surface area contributed by atoms with Crippen LogP contribution >= 0.6 is 0 Å². The molecule has 0 spiro atoms. The maximum absolute atomic E-state index is 12.6. The van der Waals surface area contributed by atoms with Gasteiger partial charge in [-0.2, -0.15) is 0 Å². The van der Waals surface area contributed by atoms with E-state index < -0.39 is 25.0 Å². The normalized spacial score (nSPS) is 29.0. The molecule has 0 unspecified atom stereocenters. The third-order valence-corrected chi connectivity index (χ3v) is 6.35. The Morgan fingerprint density at radius 1 is 1.11 bits per heavy atom. The minimum absolute atomic E-state index is 0.219. The van der Waals surface area contributed by atoms with Crippen molar-refractivity contribution in [2.24, 2.45) is 23.7 Å². The number of imide groups is 1. The highest BCUT2D eigenvalue weighted by atomic mass is 16.5. The number of ether oxygens (including phenoxy) is 1. The first-order valence-corrected chi connectivity index (χ1v) is 9.81. The number of nitrogens with zero attached hydrogens (tertiary/aromatic N) is 1. The predicted molar refractivity (Wildman–Crippen MR) is 98.5 cm³/mol. The summed E-state index contributed by atoms with van der Waals surface area (Å²) in [5.41, 5.74) is 0.941. The Morgan fingerprint density at radius 2 is 1.71 bits per heavy atom. The topological polar surface area (TPSA) is 92.8 Å². The Balaban J connectivity index is 1.26. The van der Waals surface area contributed by atoms with Crippen LogP contribution in [0, 0.1) is 23.7 Å². The molecule has 3 aliphatic rings. The number of benzene rings is 1. The van der Waals surface area contributed by atoms with Crippen molar-refractivity contribution in [3.63, 3.8) is 0 Å². The maximum atomic E-state index is 12.6. The van der Waals surface area contributed by atoms with E-state index in [0.717, 1.165) is 29.7 Å². The van der Waals surface area contributed by atoms with Gasteiger partial charge in [0.25, 0.3) is 5.91 Å². The van der Waals surface area contributed by atoms with E-state index in [4.69, 9.17) is 4.74 Å².